The van der Waals surface area contributed by atoms with Gasteiger partial charge in [-0.2, -0.15) is 5.26 Å². The standard InChI is InChI=1S/C13H14BrNO2/c1-13(16-9-11(17-13)6-7-15)8-10-4-2-3-5-12(10)14/h2-5,11H,6,8-9H2,1H3. The normalized spacial score (nSPS) is 27.9. The van der Waals surface area contributed by atoms with Crippen molar-refractivity contribution in [3.63, 3.8) is 0 Å². The van der Waals surface area contributed by atoms with Gasteiger partial charge in [0.2, 0.25) is 0 Å². The molecule has 0 aromatic heterocycles. The molecule has 2 atom stereocenters. The number of benzene rings is 1. The maximum atomic E-state index is 8.64. The molecule has 0 aliphatic carbocycles. The zero-order chi connectivity index (χ0) is 12.3. The summed E-state index contributed by atoms with van der Waals surface area (Å²) in [6.45, 7) is 2.42. The molecule has 4 heteroatoms. The van der Waals surface area contributed by atoms with Gasteiger partial charge in [0.25, 0.3) is 0 Å². The highest BCUT2D eigenvalue weighted by Crippen LogP contribution is 2.30. The Hall–Kier alpha value is -0.890. The molecular weight excluding hydrogens is 282 g/mol. The predicted molar refractivity (Wildman–Crippen MR) is 67.3 cm³/mol. The second kappa shape index (κ2) is 5.18. The highest BCUT2D eigenvalue weighted by molar-refractivity contribution is 9.10. The van der Waals surface area contributed by atoms with Crippen LogP contribution in [0.2, 0.25) is 0 Å². The third-order valence-electron chi connectivity index (χ3n) is 2.78. The number of ether oxygens (including phenoxy) is 2. The van der Waals surface area contributed by atoms with E-state index >= 15 is 0 Å². The Bertz CT molecular complexity index is 443. The third kappa shape index (κ3) is 3.06. The van der Waals surface area contributed by atoms with Gasteiger partial charge in [-0.25, -0.2) is 0 Å². The third-order valence-corrected chi connectivity index (χ3v) is 3.55. The van der Waals surface area contributed by atoms with Gasteiger partial charge in [0.05, 0.1) is 25.2 Å². The van der Waals surface area contributed by atoms with E-state index in [4.69, 9.17) is 14.7 Å². The van der Waals surface area contributed by atoms with Crippen LogP contribution in [0.15, 0.2) is 28.7 Å². The van der Waals surface area contributed by atoms with Crippen molar-refractivity contribution in [1.29, 1.82) is 5.26 Å². The minimum Gasteiger partial charge on any atom is -0.347 e. The van der Waals surface area contributed by atoms with E-state index in [1.54, 1.807) is 0 Å². The second-order valence-electron chi connectivity index (χ2n) is 4.32. The van der Waals surface area contributed by atoms with Crippen molar-refractivity contribution in [3.05, 3.63) is 34.3 Å². The molecule has 17 heavy (non-hydrogen) atoms. The number of hydrogen-bond acceptors (Lipinski definition) is 3. The maximum Gasteiger partial charge on any atom is 0.170 e. The molecule has 1 saturated heterocycles. The average molecular weight is 296 g/mol. The Morgan fingerprint density at radius 1 is 1.53 bits per heavy atom. The Balaban J connectivity index is 2.05. The molecule has 2 rings (SSSR count). The zero-order valence-electron chi connectivity index (χ0n) is 9.65. The molecule has 90 valence electrons. The molecule has 0 radical (unpaired) electrons. The smallest absolute Gasteiger partial charge is 0.170 e. The first-order chi connectivity index (χ1) is 8.13. The monoisotopic (exact) mass is 295 g/mol. The lowest BCUT2D eigenvalue weighted by molar-refractivity contribution is -0.151. The first-order valence-corrected chi connectivity index (χ1v) is 6.34. The zero-order valence-corrected chi connectivity index (χ0v) is 11.2. The Labute approximate surface area is 109 Å². The van der Waals surface area contributed by atoms with Crippen molar-refractivity contribution in [2.24, 2.45) is 0 Å². The molecule has 0 amide bonds. The Kier molecular flexibility index (Phi) is 3.82. The molecule has 0 saturated carbocycles. The van der Waals surface area contributed by atoms with E-state index in [1.807, 2.05) is 31.2 Å². The molecular formula is C13H14BrNO2. The Morgan fingerprint density at radius 2 is 2.29 bits per heavy atom. The fourth-order valence-corrected chi connectivity index (χ4v) is 2.40. The van der Waals surface area contributed by atoms with Crippen molar-refractivity contribution in [2.45, 2.75) is 31.7 Å². The molecule has 2 unspecified atom stereocenters. The summed E-state index contributed by atoms with van der Waals surface area (Å²) in [6.07, 6.45) is 0.953. The van der Waals surface area contributed by atoms with Crippen LogP contribution in [0.25, 0.3) is 0 Å². The summed E-state index contributed by atoms with van der Waals surface area (Å²) in [5.41, 5.74) is 1.15. The molecule has 0 N–H and O–H groups in total. The van der Waals surface area contributed by atoms with Gasteiger partial charge in [0.15, 0.2) is 5.79 Å². The topological polar surface area (TPSA) is 42.2 Å². The van der Waals surface area contributed by atoms with Crippen LogP contribution in [-0.2, 0) is 15.9 Å². The molecule has 1 fully saturated rings. The van der Waals surface area contributed by atoms with Crippen LogP contribution < -0.4 is 0 Å². The van der Waals surface area contributed by atoms with Gasteiger partial charge in [-0.05, 0) is 18.6 Å². The highest BCUT2D eigenvalue weighted by atomic mass is 79.9. The van der Waals surface area contributed by atoms with E-state index in [-0.39, 0.29) is 6.10 Å². The lowest BCUT2D eigenvalue weighted by atomic mass is 10.1. The minimum atomic E-state index is -0.620. The number of nitrogens with zero attached hydrogens (tertiary/aromatic N) is 1. The van der Waals surface area contributed by atoms with Gasteiger partial charge in [0, 0.05) is 10.9 Å². The highest BCUT2D eigenvalue weighted by Gasteiger charge is 2.37. The van der Waals surface area contributed by atoms with Crippen LogP contribution in [0.4, 0.5) is 0 Å². The SMILES string of the molecule is CC1(Cc2ccccc2Br)OCC(CC#N)O1. The van der Waals surface area contributed by atoms with Crippen LogP contribution in [0.1, 0.15) is 18.9 Å². The second-order valence-corrected chi connectivity index (χ2v) is 5.17. The largest absolute Gasteiger partial charge is 0.347 e. The van der Waals surface area contributed by atoms with Crippen molar-refractivity contribution in [2.75, 3.05) is 6.61 Å². The number of halogens is 1. The number of nitriles is 1. The van der Waals surface area contributed by atoms with Crippen molar-refractivity contribution in [3.8, 4) is 6.07 Å². The van der Waals surface area contributed by atoms with Crippen LogP contribution >= 0.6 is 15.9 Å². The van der Waals surface area contributed by atoms with Gasteiger partial charge in [-0.15, -0.1) is 0 Å². The molecule has 1 aromatic carbocycles. The summed E-state index contributed by atoms with van der Waals surface area (Å²) in [6, 6.07) is 10.1. The summed E-state index contributed by atoms with van der Waals surface area (Å²) in [7, 11) is 0. The van der Waals surface area contributed by atoms with Gasteiger partial charge in [-0.3, -0.25) is 0 Å². The van der Waals surface area contributed by atoms with Crippen LogP contribution in [0, 0.1) is 11.3 Å². The van der Waals surface area contributed by atoms with E-state index in [2.05, 4.69) is 22.0 Å². The molecule has 1 aromatic rings. The average Bonchev–Trinajstić information content (AvgIpc) is 2.64. The van der Waals surface area contributed by atoms with Gasteiger partial charge in [-0.1, -0.05) is 34.1 Å². The first-order valence-electron chi connectivity index (χ1n) is 5.55. The lowest BCUT2D eigenvalue weighted by Crippen LogP contribution is -2.29. The lowest BCUT2D eigenvalue weighted by Gasteiger charge is -2.23. The number of hydrogen-bond donors (Lipinski definition) is 0. The molecule has 1 aliphatic heterocycles. The quantitative estimate of drug-likeness (QED) is 0.861. The van der Waals surface area contributed by atoms with Crippen molar-refractivity contribution < 1.29 is 9.47 Å². The summed E-state index contributed by atoms with van der Waals surface area (Å²) in [5, 5.41) is 8.64. The van der Waals surface area contributed by atoms with E-state index < -0.39 is 5.79 Å². The molecule has 0 bridgehead atoms. The molecule has 1 aliphatic rings. The van der Waals surface area contributed by atoms with Crippen molar-refractivity contribution >= 4 is 15.9 Å². The van der Waals surface area contributed by atoms with Crippen molar-refractivity contribution in [1.82, 2.24) is 0 Å². The van der Waals surface area contributed by atoms with Gasteiger partial charge < -0.3 is 9.47 Å². The summed E-state index contributed by atoms with van der Waals surface area (Å²) in [4.78, 5) is 0. The molecule has 3 nitrogen and oxygen atoms in total. The van der Waals surface area contributed by atoms with Crippen LogP contribution in [-0.4, -0.2) is 18.5 Å². The fraction of sp³-hybridized carbons (Fsp3) is 0.462. The maximum absolute atomic E-state index is 8.64. The number of rotatable bonds is 3. The first kappa shape index (κ1) is 12.6. The summed E-state index contributed by atoms with van der Waals surface area (Å²) in [5.74, 6) is -0.620. The molecule has 0 spiro atoms. The summed E-state index contributed by atoms with van der Waals surface area (Å²) < 4.78 is 12.5. The van der Waals surface area contributed by atoms with Gasteiger partial charge >= 0.3 is 0 Å². The Morgan fingerprint density at radius 3 is 3.00 bits per heavy atom. The van der Waals surface area contributed by atoms with E-state index in [0.717, 1.165) is 10.0 Å². The van der Waals surface area contributed by atoms with E-state index in [9.17, 15) is 0 Å². The minimum absolute atomic E-state index is 0.104. The van der Waals surface area contributed by atoms with Gasteiger partial charge in [0.1, 0.15) is 0 Å². The van der Waals surface area contributed by atoms with Crippen LogP contribution in [0.5, 0.6) is 0 Å². The van der Waals surface area contributed by atoms with E-state index in [1.165, 1.54) is 0 Å². The predicted octanol–water partition coefficient (Wildman–Crippen LogP) is 3.04. The fourth-order valence-electron chi connectivity index (χ4n) is 1.97. The summed E-state index contributed by atoms with van der Waals surface area (Å²) >= 11 is 3.51. The van der Waals surface area contributed by atoms with Crippen LogP contribution in [0.3, 0.4) is 0 Å². The van der Waals surface area contributed by atoms with E-state index in [0.29, 0.717) is 19.4 Å². The molecule has 1 heterocycles.